The third-order valence-electron chi connectivity index (χ3n) is 8.10. The number of aryl methyl sites for hydroxylation is 2. The predicted octanol–water partition coefficient (Wildman–Crippen LogP) is 9.71. The zero-order valence-corrected chi connectivity index (χ0v) is 23.5. The van der Waals surface area contributed by atoms with E-state index in [1.165, 1.54) is 49.7 Å². The largest absolute Gasteiger partial charge is 0.380 e. The number of halogens is 6. The zero-order chi connectivity index (χ0) is 30.4. The van der Waals surface area contributed by atoms with Crippen LogP contribution in [0.1, 0.15) is 43.2 Å². The van der Waals surface area contributed by atoms with Gasteiger partial charge in [-0.15, -0.1) is 11.3 Å². The van der Waals surface area contributed by atoms with Crippen LogP contribution >= 0.6 is 11.3 Å². The van der Waals surface area contributed by atoms with Crippen molar-refractivity contribution in [2.75, 3.05) is 0 Å². The highest BCUT2D eigenvalue weighted by Crippen LogP contribution is 2.66. The molecule has 0 radical (unpaired) electrons. The Morgan fingerprint density at radius 3 is 2.05 bits per heavy atom. The lowest BCUT2D eigenvalue weighted by Gasteiger charge is -2.26. The van der Waals surface area contributed by atoms with Gasteiger partial charge in [-0.3, -0.25) is 4.79 Å². The molecule has 3 aromatic carbocycles. The van der Waals surface area contributed by atoms with E-state index in [9.17, 15) is 4.79 Å². The van der Waals surface area contributed by atoms with Gasteiger partial charge in [-0.05, 0) is 31.5 Å². The molecule has 6 rings (SSSR count). The summed E-state index contributed by atoms with van der Waals surface area (Å²) in [5.41, 5.74) is -1.70. The van der Waals surface area contributed by atoms with Crippen molar-refractivity contribution in [3.63, 3.8) is 0 Å². The number of allylic oxidation sites excluding steroid dienone is 2. The summed E-state index contributed by atoms with van der Waals surface area (Å²) in [5.74, 6) is -16.4. The molecule has 1 aliphatic carbocycles. The summed E-state index contributed by atoms with van der Waals surface area (Å²) in [6, 6.07) is 17.2. The molecule has 9 heteroatoms. The van der Waals surface area contributed by atoms with E-state index in [4.69, 9.17) is 0 Å². The van der Waals surface area contributed by atoms with E-state index >= 15 is 26.3 Å². The summed E-state index contributed by atoms with van der Waals surface area (Å²) in [5, 5.41) is 0.264. The number of hydrogen-bond donors (Lipinski definition) is 0. The minimum atomic E-state index is -5.68. The minimum Gasteiger partial charge on any atom is -0.347 e. The van der Waals surface area contributed by atoms with E-state index in [0.717, 1.165) is 16.9 Å². The van der Waals surface area contributed by atoms with Crippen LogP contribution in [0.15, 0.2) is 73.3 Å². The Hall–Kier alpha value is -4.11. The Labute approximate surface area is 241 Å². The average Bonchev–Trinajstić information content (AvgIpc) is 3.45. The summed E-state index contributed by atoms with van der Waals surface area (Å²) in [6.07, 6.45) is 1.63. The van der Waals surface area contributed by atoms with Crippen LogP contribution in [0.25, 0.3) is 38.2 Å². The molecule has 0 saturated carbocycles. The van der Waals surface area contributed by atoms with Crippen LogP contribution in [-0.2, 0) is 7.05 Å². The quantitative estimate of drug-likeness (QED) is 0.146. The van der Waals surface area contributed by atoms with Gasteiger partial charge in [0, 0.05) is 72.0 Å². The highest BCUT2D eigenvalue weighted by molar-refractivity contribution is 7.19. The van der Waals surface area contributed by atoms with Crippen molar-refractivity contribution in [1.82, 2.24) is 4.57 Å². The van der Waals surface area contributed by atoms with Crippen molar-refractivity contribution in [1.29, 1.82) is 0 Å². The number of benzene rings is 3. The van der Waals surface area contributed by atoms with Gasteiger partial charge in [0.05, 0.1) is 0 Å². The number of aromatic nitrogens is 1. The van der Waals surface area contributed by atoms with Gasteiger partial charge in [0.15, 0.2) is 5.78 Å². The van der Waals surface area contributed by atoms with Gasteiger partial charge in [0.25, 0.3) is 0 Å². The van der Waals surface area contributed by atoms with Crippen LogP contribution in [-0.4, -0.2) is 28.1 Å². The lowest BCUT2D eigenvalue weighted by atomic mass is 9.91. The second-order valence-electron chi connectivity index (χ2n) is 10.4. The number of alkyl halides is 6. The molecule has 0 aliphatic heterocycles. The number of rotatable bonds is 5. The van der Waals surface area contributed by atoms with Crippen LogP contribution < -0.4 is 0 Å². The molecule has 0 unspecified atom stereocenters. The first-order chi connectivity index (χ1) is 19.7. The molecule has 0 saturated heterocycles. The fraction of sp³-hybridized carbons (Fsp3) is 0.182. The zero-order valence-electron chi connectivity index (χ0n) is 22.7. The van der Waals surface area contributed by atoms with Crippen molar-refractivity contribution < 1.29 is 31.1 Å². The summed E-state index contributed by atoms with van der Waals surface area (Å²) >= 11 is 1.08. The number of thiophene rings is 1. The van der Waals surface area contributed by atoms with Crippen molar-refractivity contribution in [3.05, 3.63) is 112 Å². The predicted molar refractivity (Wildman–Crippen MR) is 156 cm³/mol. The smallest absolute Gasteiger partial charge is 0.347 e. The number of fused-ring (bicyclic) bond motifs is 2. The van der Waals surface area contributed by atoms with Crippen LogP contribution in [0.4, 0.5) is 26.3 Å². The monoisotopic (exact) mass is 595 g/mol. The van der Waals surface area contributed by atoms with Gasteiger partial charge in [-0.2, -0.15) is 26.3 Å². The topological polar surface area (TPSA) is 22.0 Å². The normalized spacial score (nSPS) is 17.4. The maximum Gasteiger partial charge on any atom is 0.380 e. The third-order valence-corrected chi connectivity index (χ3v) is 9.19. The van der Waals surface area contributed by atoms with Gasteiger partial charge in [0.2, 0.25) is 0 Å². The molecule has 0 amide bonds. The maximum absolute atomic E-state index is 15.8. The maximum atomic E-state index is 15.8. The molecule has 0 bridgehead atoms. The van der Waals surface area contributed by atoms with Gasteiger partial charge < -0.3 is 4.57 Å². The van der Waals surface area contributed by atoms with E-state index in [1.807, 2.05) is 0 Å². The molecule has 0 N–H and O–H groups in total. The first-order valence-corrected chi connectivity index (χ1v) is 13.8. The molecule has 42 heavy (non-hydrogen) atoms. The Morgan fingerprint density at radius 2 is 1.40 bits per heavy atom. The summed E-state index contributed by atoms with van der Waals surface area (Å²) in [6.45, 7) is 6.56. The van der Waals surface area contributed by atoms with E-state index in [-0.39, 0.29) is 43.8 Å². The standard InChI is InChI=1S/C33H23F6NOS/c1-5-19-10-12-20(13-11-19)30(41)21-14-15-22-24(16-21)40(4)17(2)26(22)28-29(32(36,37)33(38,39)31(28,34)35)27-18(3)42-25-9-7-6-8-23(25)27/h5-16H,1H2,2-4H3. The average molecular weight is 596 g/mol. The fourth-order valence-corrected chi connectivity index (χ4v) is 6.90. The van der Waals surface area contributed by atoms with Gasteiger partial charge in [-0.25, -0.2) is 0 Å². The summed E-state index contributed by atoms with van der Waals surface area (Å²) in [7, 11) is 1.52. The Kier molecular flexibility index (Phi) is 6.14. The van der Waals surface area contributed by atoms with Gasteiger partial charge in [-0.1, -0.05) is 67.3 Å². The van der Waals surface area contributed by atoms with E-state index in [0.29, 0.717) is 10.3 Å². The molecule has 0 atom stereocenters. The van der Waals surface area contributed by atoms with E-state index in [1.54, 1.807) is 48.5 Å². The number of ketones is 1. The van der Waals surface area contributed by atoms with Crippen molar-refractivity contribution >= 4 is 55.3 Å². The molecule has 1 aliphatic rings. The molecule has 2 heterocycles. The highest BCUT2D eigenvalue weighted by Gasteiger charge is 2.80. The number of nitrogens with zero attached hydrogens (tertiary/aromatic N) is 1. The Balaban J connectivity index is 1.64. The molecule has 5 aromatic rings. The molecular formula is C33H23F6NOS. The van der Waals surface area contributed by atoms with Crippen molar-refractivity contribution in [2.24, 2.45) is 7.05 Å². The van der Waals surface area contributed by atoms with Crippen LogP contribution in [0.2, 0.25) is 0 Å². The van der Waals surface area contributed by atoms with Crippen molar-refractivity contribution in [3.8, 4) is 0 Å². The fourth-order valence-electron chi connectivity index (χ4n) is 5.83. The second kappa shape index (κ2) is 9.19. The highest BCUT2D eigenvalue weighted by atomic mass is 32.1. The van der Waals surface area contributed by atoms with Crippen LogP contribution in [0.5, 0.6) is 0 Å². The van der Waals surface area contributed by atoms with E-state index < -0.39 is 34.5 Å². The second-order valence-corrected chi connectivity index (χ2v) is 11.7. The van der Waals surface area contributed by atoms with Gasteiger partial charge >= 0.3 is 17.8 Å². The molecular weight excluding hydrogens is 572 g/mol. The molecule has 2 nitrogen and oxygen atoms in total. The number of hydrogen-bond acceptors (Lipinski definition) is 2. The molecule has 0 spiro atoms. The van der Waals surface area contributed by atoms with Crippen LogP contribution in [0.3, 0.4) is 0 Å². The Bertz CT molecular complexity index is 1980. The SMILES string of the molecule is C=Cc1ccc(C(=O)c2ccc3c(C4=C(c5c(C)sc6ccccc56)C(F)(F)C(F)(F)C4(F)F)c(C)n(C)c3c2)cc1. The summed E-state index contributed by atoms with van der Waals surface area (Å²) < 4.78 is 95.3. The van der Waals surface area contributed by atoms with Gasteiger partial charge in [0.1, 0.15) is 0 Å². The molecule has 0 fully saturated rings. The van der Waals surface area contributed by atoms with E-state index in [2.05, 4.69) is 6.58 Å². The lowest BCUT2D eigenvalue weighted by molar-refractivity contribution is -0.254. The summed E-state index contributed by atoms with van der Waals surface area (Å²) in [4.78, 5) is 13.5. The minimum absolute atomic E-state index is 0.0615. The van der Waals surface area contributed by atoms with Crippen molar-refractivity contribution in [2.45, 2.75) is 31.6 Å². The lowest BCUT2D eigenvalue weighted by Crippen LogP contribution is -2.49. The Morgan fingerprint density at radius 1 is 0.810 bits per heavy atom. The number of carbonyl (C=O) groups is 1. The van der Waals surface area contributed by atoms with Crippen LogP contribution in [0, 0.1) is 13.8 Å². The third kappa shape index (κ3) is 3.62. The molecule has 2 aromatic heterocycles. The molecule has 214 valence electrons. The number of carbonyl (C=O) groups excluding carboxylic acids is 1. The first-order valence-electron chi connectivity index (χ1n) is 13.0. The first kappa shape index (κ1) is 28.0.